The number of benzene rings is 2. The first-order valence-electron chi connectivity index (χ1n) is 14.6. The quantitative estimate of drug-likeness (QED) is 0.175. The number of hydrogen-bond acceptors (Lipinski definition) is 3. The lowest BCUT2D eigenvalue weighted by atomic mass is 10.1. The highest BCUT2D eigenvalue weighted by molar-refractivity contribution is 9.10. The SMILES string of the molecule is CCCCN(Cc1cccn1Cc1ccc(Br)cc1)C(=O)CN(CCCOCC)C(=O)C1CC1c1ccccc1. The molecule has 1 saturated carbocycles. The highest BCUT2D eigenvalue weighted by atomic mass is 79.9. The van der Waals surface area contributed by atoms with Crippen LogP contribution in [0.2, 0.25) is 0 Å². The van der Waals surface area contributed by atoms with E-state index in [9.17, 15) is 9.59 Å². The molecule has 1 aromatic heterocycles. The Bertz CT molecular complexity index is 1210. The van der Waals surface area contributed by atoms with Crippen LogP contribution in [-0.4, -0.2) is 59.0 Å². The third-order valence-corrected chi connectivity index (χ3v) is 8.10. The first-order chi connectivity index (χ1) is 19.5. The largest absolute Gasteiger partial charge is 0.382 e. The molecule has 4 rings (SSSR count). The molecule has 0 saturated heterocycles. The smallest absolute Gasteiger partial charge is 0.242 e. The van der Waals surface area contributed by atoms with Gasteiger partial charge in [-0.05, 0) is 67.5 Å². The number of rotatable bonds is 16. The molecule has 2 unspecified atom stereocenters. The molecule has 0 N–H and O–H groups in total. The second-order valence-electron chi connectivity index (χ2n) is 10.6. The van der Waals surface area contributed by atoms with Crippen LogP contribution in [0.15, 0.2) is 77.4 Å². The molecule has 0 radical (unpaired) electrons. The van der Waals surface area contributed by atoms with E-state index in [1.807, 2.05) is 36.1 Å². The molecular weight excluding hydrogens is 566 g/mol. The van der Waals surface area contributed by atoms with Crippen LogP contribution < -0.4 is 0 Å². The lowest BCUT2D eigenvalue weighted by Crippen LogP contribution is -2.44. The molecule has 1 heterocycles. The maximum atomic E-state index is 13.8. The molecule has 1 aliphatic carbocycles. The minimum absolute atomic E-state index is 0.00603. The zero-order valence-corrected chi connectivity index (χ0v) is 25.4. The second-order valence-corrected chi connectivity index (χ2v) is 11.5. The molecule has 6 nitrogen and oxygen atoms in total. The molecule has 0 spiro atoms. The van der Waals surface area contributed by atoms with Gasteiger partial charge in [0.1, 0.15) is 0 Å². The Morgan fingerprint density at radius 3 is 2.42 bits per heavy atom. The number of hydrogen-bond donors (Lipinski definition) is 0. The Kier molecular flexibility index (Phi) is 11.4. The van der Waals surface area contributed by atoms with Gasteiger partial charge >= 0.3 is 0 Å². The summed E-state index contributed by atoms with van der Waals surface area (Å²) < 4.78 is 8.80. The summed E-state index contributed by atoms with van der Waals surface area (Å²) in [6.07, 6.45) is 5.57. The monoisotopic (exact) mass is 607 g/mol. The van der Waals surface area contributed by atoms with E-state index in [0.29, 0.717) is 32.8 Å². The Morgan fingerprint density at radius 2 is 1.70 bits per heavy atom. The number of amides is 2. The molecule has 1 aliphatic rings. The Labute approximate surface area is 247 Å². The fourth-order valence-electron chi connectivity index (χ4n) is 5.17. The average Bonchev–Trinajstić information content (AvgIpc) is 3.66. The first kappa shape index (κ1) is 30.1. The maximum absolute atomic E-state index is 13.8. The van der Waals surface area contributed by atoms with Crippen molar-refractivity contribution in [1.82, 2.24) is 14.4 Å². The van der Waals surface area contributed by atoms with Crippen LogP contribution in [0.1, 0.15) is 62.3 Å². The van der Waals surface area contributed by atoms with E-state index >= 15 is 0 Å². The fourth-order valence-corrected chi connectivity index (χ4v) is 5.44. The lowest BCUT2D eigenvalue weighted by Gasteiger charge is -2.28. The van der Waals surface area contributed by atoms with Crippen LogP contribution in [0, 0.1) is 5.92 Å². The molecule has 2 aromatic carbocycles. The van der Waals surface area contributed by atoms with Crippen LogP contribution in [0.25, 0.3) is 0 Å². The summed E-state index contributed by atoms with van der Waals surface area (Å²) in [7, 11) is 0. The summed E-state index contributed by atoms with van der Waals surface area (Å²) in [5.74, 6) is 0.296. The number of carbonyl (C=O) groups is 2. The zero-order valence-electron chi connectivity index (χ0n) is 23.8. The van der Waals surface area contributed by atoms with Crippen LogP contribution in [-0.2, 0) is 27.4 Å². The van der Waals surface area contributed by atoms with Gasteiger partial charge in [-0.2, -0.15) is 0 Å². The lowest BCUT2D eigenvalue weighted by molar-refractivity contribution is -0.142. The van der Waals surface area contributed by atoms with Gasteiger partial charge in [-0.3, -0.25) is 9.59 Å². The van der Waals surface area contributed by atoms with Crippen LogP contribution in [0.5, 0.6) is 0 Å². The van der Waals surface area contributed by atoms with Crippen molar-refractivity contribution in [3.63, 3.8) is 0 Å². The van der Waals surface area contributed by atoms with E-state index in [2.05, 4.69) is 76.1 Å². The predicted octanol–water partition coefficient (Wildman–Crippen LogP) is 6.49. The van der Waals surface area contributed by atoms with E-state index in [1.54, 1.807) is 4.90 Å². The summed E-state index contributed by atoms with van der Waals surface area (Å²) in [6.45, 7) is 7.94. The Hall–Kier alpha value is -2.90. The zero-order chi connectivity index (χ0) is 28.3. The molecule has 40 heavy (non-hydrogen) atoms. The van der Waals surface area contributed by atoms with Gasteiger partial charge in [-0.1, -0.05) is 71.7 Å². The summed E-state index contributed by atoms with van der Waals surface area (Å²) in [6, 6.07) is 22.7. The summed E-state index contributed by atoms with van der Waals surface area (Å²) in [5.41, 5.74) is 3.50. The van der Waals surface area contributed by atoms with Crippen molar-refractivity contribution in [1.29, 1.82) is 0 Å². The topological polar surface area (TPSA) is 54.8 Å². The summed E-state index contributed by atoms with van der Waals surface area (Å²) >= 11 is 3.51. The maximum Gasteiger partial charge on any atom is 0.242 e. The highest BCUT2D eigenvalue weighted by Gasteiger charge is 2.46. The highest BCUT2D eigenvalue weighted by Crippen LogP contribution is 2.48. The van der Waals surface area contributed by atoms with Crippen LogP contribution >= 0.6 is 15.9 Å². The Morgan fingerprint density at radius 1 is 0.950 bits per heavy atom. The van der Waals surface area contributed by atoms with Gasteiger partial charge in [0.2, 0.25) is 11.8 Å². The van der Waals surface area contributed by atoms with Gasteiger partial charge in [0, 0.05) is 55.1 Å². The normalized spacial score (nSPS) is 16.1. The summed E-state index contributed by atoms with van der Waals surface area (Å²) in [4.78, 5) is 31.1. The number of carbonyl (C=O) groups excluding carboxylic acids is 2. The van der Waals surface area contributed by atoms with Crippen molar-refractivity contribution in [2.75, 3.05) is 32.8 Å². The van der Waals surface area contributed by atoms with E-state index < -0.39 is 0 Å². The molecule has 2 amide bonds. The van der Waals surface area contributed by atoms with Crippen molar-refractivity contribution in [2.45, 2.75) is 58.5 Å². The molecular formula is C33H42BrN3O3. The third-order valence-electron chi connectivity index (χ3n) is 7.57. The molecule has 1 fully saturated rings. The molecule has 3 aromatic rings. The van der Waals surface area contributed by atoms with Crippen molar-refractivity contribution < 1.29 is 14.3 Å². The van der Waals surface area contributed by atoms with E-state index in [4.69, 9.17) is 4.74 Å². The van der Waals surface area contributed by atoms with E-state index in [1.165, 1.54) is 11.1 Å². The van der Waals surface area contributed by atoms with Crippen molar-refractivity contribution in [3.05, 3.63) is 94.2 Å². The molecule has 0 bridgehead atoms. The van der Waals surface area contributed by atoms with Crippen LogP contribution in [0.3, 0.4) is 0 Å². The molecule has 7 heteroatoms. The third kappa shape index (κ3) is 8.55. The first-order valence-corrected chi connectivity index (χ1v) is 15.4. The molecule has 0 aliphatic heterocycles. The van der Waals surface area contributed by atoms with Gasteiger partial charge in [-0.25, -0.2) is 0 Å². The van der Waals surface area contributed by atoms with Crippen molar-refractivity contribution in [3.8, 4) is 0 Å². The van der Waals surface area contributed by atoms with Gasteiger partial charge < -0.3 is 19.1 Å². The van der Waals surface area contributed by atoms with Gasteiger partial charge in [-0.15, -0.1) is 0 Å². The molecule has 214 valence electrons. The standard InChI is InChI=1S/C33H42BrN3O3/c1-3-5-18-36(24-29-13-9-19-35(29)23-26-14-16-28(34)17-15-26)32(38)25-37(20-10-21-40-4-2)33(39)31-22-30(31)27-11-7-6-8-12-27/h6-9,11-17,19,30-31H,3-5,10,18,20-25H2,1-2H3. The fraction of sp³-hybridized carbons (Fsp3) is 0.455. The minimum Gasteiger partial charge on any atom is -0.382 e. The van der Waals surface area contributed by atoms with Gasteiger partial charge in [0.05, 0.1) is 13.1 Å². The van der Waals surface area contributed by atoms with Crippen molar-refractivity contribution in [2.24, 2.45) is 5.92 Å². The molecule has 2 atom stereocenters. The predicted molar refractivity (Wildman–Crippen MR) is 163 cm³/mol. The summed E-state index contributed by atoms with van der Waals surface area (Å²) in [5, 5.41) is 0. The number of unbranched alkanes of at least 4 members (excludes halogenated alkanes) is 1. The Balaban J connectivity index is 1.44. The average molecular weight is 609 g/mol. The minimum atomic E-state index is -0.0467. The number of halogens is 1. The van der Waals surface area contributed by atoms with Gasteiger partial charge in [0.25, 0.3) is 0 Å². The number of aromatic nitrogens is 1. The number of nitrogens with zero attached hydrogens (tertiary/aromatic N) is 3. The van der Waals surface area contributed by atoms with E-state index in [0.717, 1.165) is 42.4 Å². The van der Waals surface area contributed by atoms with Gasteiger partial charge in [0.15, 0.2) is 0 Å². The second kappa shape index (κ2) is 15.2. The van der Waals surface area contributed by atoms with Crippen molar-refractivity contribution >= 4 is 27.7 Å². The van der Waals surface area contributed by atoms with E-state index in [-0.39, 0.29) is 30.2 Å². The number of ether oxygens (including phenoxy) is 1. The van der Waals surface area contributed by atoms with Crippen LogP contribution in [0.4, 0.5) is 0 Å².